The predicted octanol–water partition coefficient (Wildman–Crippen LogP) is 11.2. The summed E-state index contributed by atoms with van der Waals surface area (Å²) in [5, 5.41) is 1.42. The molecule has 5 unspecified atom stereocenters. The van der Waals surface area contributed by atoms with Crippen LogP contribution in [0, 0.1) is 23.7 Å². The highest BCUT2D eigenvalue weighted by Gasteiger charge is 2.35. The van der Waals surface area contributed by atoms with Gasteiger partial charge in [-0.2, -0.15) is 0 Å². The zero-order valence-electron chi connectivity index (χ0n) is 30.9. The lowest BCUT2D eigenvalue weighted by Crippen LogP contribution is -2.37. The number of allylic oxidation sites excluding steroid dienone is 20. The molecule has 0 amide bonds. The van der Waals surface area contributed by atoms with Crippen molar-refractivity contribution in [3.05, 3.63) is 152 Å². The van der Waals surface area contributed by atoms with Crippen LogP contribution in [0.2, 0.25) is 0 Å². The molecule has 0 radical (unpaired) electrons. The van der Waals surface area contributed by atoms with Crippen LogP contribution < -0.4 is 10.6 Å². The Labute approximate surface area is 311 Å². The van der Waals surface area contributed by atoms with Gasteiger partial charge in [-0.05, 0) is 166 Å². The third kappa shape index (κ3) is 5.95. The average molecular weight is 686 g/mol. The van der Waals surface area contributed by atoms with Crippen LogP contribution >= 0.6 is 0 Å². The summed E-state index contributed by atoms with van der Waals surface area (Å²) in [5.74, 6) is 3.95. The molecule has 0 spiro atoms. The molecule has 0 saturated carbocycles. The van der Waals surface area contributed by atoms with Crippen molar-refractivity contribution in [3.8, 4) is 0 Å². The van der Waals surface area contributed by atoms with E-state index in [1.54, 1.807) is 22.4 Å². The molecule has 1 heterocycles. The van der Waals surface area contributed by atoms with Gasteiger partial charge in [-0.3, -0.25) is 0 Å². The van der Waals surface area contributed by atoms with E-state index < -0.39 is 0 Å². The molecule has 1 aromatic rings. The van der Waals surface area contributed by atoms with Gasteiger partial charge in [-0.25, -0.2) is 0 Å². The van der Waals surface area contributed by atoms with Crippen molar-refractivity contribution in [3.63, 3.8) is 0 Å². The van der Waals surface area contributed by atoms with Crippen LogP contribution in [0.5, 0.6) is 0 Å². The maximum Gasteiger partial charge on any atom is 0.130 e. The Kier molecular flexibility index (Phi) is 8.82. The Morgan fingerprint density at radius 2 is 1.54 bits per heavy atom. The fourth-order valence-electron chi connectivity index (χ4n) is 11.2. The first-order valence-electron chi connectivity index (χ1n) is 21.0. The van der Waals surface area contributed by atoms with Gasteiger partial charge in [-0.1, -0.05) is 91.1 Å². The molecule has 52 heavy (non-hydrogen) atoms. The van der Waals surface area contributed by atoms with Crippen molar-refractivity contribution < 1.29 is 4.42 Å². The Morgan fingerprint density at radius 1 is 0.635 bits per heavy atom. The lowest BCUT2D eigenvalue weighted by atomic mass is 9.72. The Bertz CT molecular complexity index is 2090. The standard InChI is InChI=1S/C50H55NO/c1-2-12-36(13-3-1)45-23-11-24-46-47-33-39(28-31-49(47)52-50(45)46)38-18-8-19-41(32-38)51(48-25-10-17-35-15-5-7-21-44(35)48)40-29-26-37(27-30-40)43-22-9-16-34-14-4-6-20-42(34)43/h2,5-6,8-9,12-13,15-17,19-20,26,29,31-33,37-40,43,45H,1,3-4,7,10-11,14,18,21-25,27-28,30H2/t37-,38?,39?,40?,43?,45?/m0/s1. The summed E-state index contributed by atoms with van der Waals surface area (Å²) in [7, 11) is 0. The number of nitrogens with zero attached hydrogens (tertiary/aromatic N) is 1. The van der Waals surface area contributed by atoms with Gasteiger partial charge in [0.15, 0.2) is 0 Å². The molecule has 9 aliphatic rings. The van der Waals surface area contributed by atoms with E-state index in [0.717, 1.165) is 50.4 Å². The van der Waals surface area contributed by atoms with Gasteiger partial charge >= 0.3 is 0 Å². The van der Waals surface area contributed by atoms with E-state index >= 15 is 0 Å². The highest BCUT2D eigenvalue weighted by atomic mass is 16.3. The number of rotatable bonds is 6. The molecule has 0 aliphatic heterocycles. The monoisotopic (exact) mass is 685 g/mol. The third-order valence-electron chi connectivity index (χ3n) is 13.8. The number of hydrogen-bond acceptors (Lipinski definition) is 2. The molecule has 9 aliphatic carbocycles. The lowest BCUT2D eigenvalue weighted by Gasteiger charge is -2.42. The second-order valence-corrected chi connectivity index (χ2v) is 16.8. The van der Waals surface area contributed by atoms with E-state index in [1.165, 1.54) is 91.2 Å². The molecule has 0 saturated heterocycles. The first-order valence-corrected chi connectivity index (χ1v) is 21.0. The van der Waals surface area contributed by atoms with E-state index in [2.05, 4.69) is 108 Å². The van der Waals surface area contributed by atoms with E-state index in [-0.39, 0.29) is 0 Å². The molecular weight excluding hydrogens is 631 g/mol. The molecule has 266 valence electrons. The van der Waals surface area contributed by atoms with E-state index in [9.17, 15) is 0 Å². The summed E-state index contributed by atoms with van der Waals surface area (Å²) in [6.07, 6.45) is 61.0. The average Bonchev–Trinajstić information content (AvgIpc) is 3.60. The molecule has 2 heteroatoms. The quantitative estimate of drug-likeness (QED) is 0.277. The molecule has 6 atom stereocenters. The number of fused-ring (bicyclic) bond motifs is 4. The van der Waals surface area contributed by atoms with Crippen LogP contribution in [-0.2, 0) is 6.42 Å². The van der Waals surface area contributed by atoms with Gasteiger partial charge < -0.3 is 9.32 Å². The normalized spacial score (nSPS) is 31.8. The van der Waals surface area contributed by atoms with Crippen molar-refractivity contribution in [2.45, 2.75) is 115 Å². The maximum absolute atomic E-state index is 6.75. The van der Waals surface area contributed by atoms with Crippen LogP contribution in [-0.4, -0.2) is 10.9 Å². The maximum atomic E-state index is 6.75. The zero-order valence-corrected chi connectivity index (χ0v) is 30.9. The van der Waals surface area contributed by atoms with Gasteiger partial charge in [0, 0.05) is 28.1 Å². The van der Waals surface area contributed by atoms with Gasteiger partial charge in [0.1, 0.15) is 11.2 Å². The summed E-state index contributed by atoms with van der Waals surface area (Å²) in [5.41, 5.74) is 13.5. The molecule has 2 nitrogen and oxygen atoms in total. The summed E-state index contributed by atoms with van der Waals surface area (Å²) < 4.78 is 6.75. The molecular formula is C50H55NO. The van der Waals surface area contributed by atoms with Crippen molar-refractivity contribution in [1.29, 1.82) is 0 Å². The predicted molar refractivity (Wildman–Crippen MR) is 215 cm³/mol. The minimum absolute atomic E-state index is 0.405. The fourth-order valence-corrected chi connectivity index (χ4v) is 11.2. The lowest BCUT2D eigenvalue weighted by molar-refractivity contribution is 0.285. The minimum Gasteiger partial charge on any atom is -0.460 e. The van der Waals surface area contributed by atoms with Gasteiger partial charge in [0.25, 0.3) is 0 Å². The Hall–Kier alpha value is -4.04. The van der Waals surface area contributed by atoms with Crippen LogP contribution in [0.25, 0.3) is 12.2 Å². The van der Waals surface area contributed by atoms with Gasteiger partial charge in [0.2, 0.25) is 0 Å². The van der Waals surface area contributed by atoms with Crippen molar-refractivity contribution in [1.82, 2.24) is 4.90 Å². The van der Waals surface area contributed by atoms with Crippen LogP contribution in [0.15, 0.2) is 135 Å². The second-order valence-electron chi connectivity index (χ2n) is 16.8. The molecule has 0 N–H and O–H groups in total. The molecule has 10 rings (SSSR count). The number of hydrogen-bond donors (Lipinski definition) is 0. The van der Waals surface area contributed by atoms with Crippen molar-refractivity contribution in [2.75, 3.05) is 0 Å². The van der Waals surface area contributed by atoms with E-state index in [1.807, 2.05) is 0 Å². The summed E-state index contributed by atoms with van der Waals surface area (Å²) in [6, 6.07) is 0.405. The van der Waals surface area contributed by atoms with Crippen molar-refractivity contribution >= 4 is 12.2 Å². The van der Waals surface area contributed by atoms with Crippen LogP contribution in [0.3, 0.4) is 0 Å². The summed E-state index contributed by atoms with van der Waals surface area (Å²) in [6.45, 7) is 0. The minimum atomic E-state index is 0.405. The molecule has 0 bridgehead atoms. The smallest absolute Gasteiger partial charge is 0.130 e. The first-order chi connectivity index (χ1) is 25.8. The van der Waals surface area contributed by atoms with Gasteiger partial charge in [-0.15, -0.1) is 0 Å². The van der Waals surface area contributed by atoms with Crippen LogP contribution in [0.1, 0.15) is 114 Å². The first kappa shape index (κ1) is 32.6. The van der Waals surface area contributed by atoms with Gasteiger partial charge in [0.05, 0.1) is 6.04 Å². The highest BCUT2D eigenvalue weighted by Crippen LogP contribution is 2.45. The SMILES string of the molecule is C1=CC(C2CCCc3c2oc2c3=CC(C3C=C(N(C4=C5CCC=CC5=CCC4)C4C=C[C@H](C5CC=CC6=C5C=CCC6)CC4)C=CC3)CC=2)=CCC1. The Balaban J connectivity index is 0.973. The molecule has 1 aromatic heterocycles. The zero-order chi connectivity index (χ0) is 34.4. The van der Waals surface area contributed by atoms with Crippen LogP contribution in [0.4, 0.5) is 0 Å². The summed E-state index contributed by atoms with van der Waals surface area (Å²) in [4.78, 5) is 2.83. The topological polar surface area (TPSA) is 16.4 Å². The number of furan rings is 1. The molecule has 0 aromatic carbocycles. The van der Waals surface area contributed by atoms with E-state index in [0.29, 0.717) is 35.6 Å². The highest BCUT2D eigenvalue weighted by molar-refractivity contribution is 5.51. The summed E-state index contributed by atoms with van der Waals surface area (Å²) >= 11 is 0. The molecule has 0 fully saturated rings. The largest absolute Gasteiger partial charge is 0.460 e. The Morgan fingerprint density at radius 3 is 2.46 bits per heavy atom. The third-order valence-corrected chi connectivity index (χ3v) is 13.8. The van der Waals surface area contributed by atoms with E-state index in [4.69, 9.17) is 4.42 Å². The fraction of sp³-hybridized carbons (Fsp3) is 0.440. The van der Waals surface area contributed by atoms with Crippen molar-refractivity contribution in [2.24, 2.45) is 23.7 Å². The second kappa shape index (κ2) is 14.1.